The van der Waals surface area contributed by atoms with Gasteiger partial charge in [-0.05, 0) is 43.4 Å². The standard InChI is InChI=1S/C30H60O2/c1-7-8-9-10-11-12-13-14-15-16-17-18-19-20-21-22-30(31)32-29(24-27(4)5)25-28(6)23-26(2)3/h26-29H,7-25H2,1-6H3. The molecule has 0 saturated carbocycles. The third-order valence-electron chi connectivity index (χ3n) is 6.56. The molecular weight excluding hydrogens is 392 g/mol. The quantitative estimate of drug-likeness (QED) is 0.114. The molecule has 0 bridgehead atoms. The van der Waals surface area contributed by atoms with Gasteiger partial charge in [-0.2, -0.15) is 0 Å². The minimum atomic E-state index is 0.0297. The Kier molecular flexibility index (Phi) is 21.9. The Labute approximate surface area is 203 Å². The monoisotopic (exact) mass is 452 g/mol. The van der Waals surface area contributed by atoms with Crippen LogP contribution in [0.2, 0.25) is 0 Å². The van der Waals surface area contributed by atoms with Gasteiger partial charge in [0.05, 0.1) is 0 Å². The smallest absolute Gasteiger partial charge is 0.306 e. The van der Waals surface area contributed by atoms with Crippen molar-refractivity contribution in [1.29, 1.82) is 0 Å². The van der Waals surface area contributed by atoms with E-state index >= 15 is 0 Å². The third-order valence-corrected chi connectivity index (χ3v) is 6.56. The molecule has 2 unspecified atom stereocenters. The molecule has 0 radical (unpaired) electrons. The lowest BCUT2D eigenvalue weighted by Crippen LogP contribution is -2.23. The molecular formula is C30H60O2. The van der Waals surface area contributed by atoms with Crippen molar-refractivity contribution in [1.82, 2.24) is 0 Å². The van der Waals surface area contributed by atoms with E-state index in [0.29, 0.717) is 24.2 Å². The number of rotatable bonds is 23. The molecule has 0 aliphatic rings. The maximum atomic E-state index is 12.4. The highest BCUT2D eigenvalue weighted by Crippen LogP contribution is 2.23. The largest absolute Gasteiger partial charge is 0.462 e. The average Bonchev–Trinajstić information content (AvgIpc) is 2.69. The van der Waals surface area contributed by atoms with Crippen molar-refractivity contribution in [2.24, 2.45) is 17.8 Å². The van der Waals surface area contributed by atoms with E-state index in [1.807, 2.05) is 0 Å². The van der Waals surface area contributed by atoms with Crippen LogP contribution < -0.4 is 0 Å². The normalized spacial score (nSPS) is 13.6. The fourth-order valence-electron chi connectivity index (χ4n) is 4.95. The van der Waals surface area contributed by atoms with Gasteiger partial charge in [-0.15, -0.1) is 0 Å². The molecule has 0 heterocycles. The first-order valence-corrected chi connectivity index (χ1v) is 14.5. The first-order valence-electron chi connectivity index (χ1n) is 14.5. The topological polar surface area (TPSA) is 26.3 Å². The summed E-state index contributed by atoms with van der Waals surface area (Å²) in [5.41, 5.74) is 0. The van der Waals surface area contributed by atoms with E-state index in [0.717, 1.165) is 19.3 Å². The maximum absolute atomic E-state index is 12.4. The Bertz CT molecular complexity index is 402. The molecule has 0 aromatic rings. The van der Waals surface area contributed by atoms with Crippen LogP contribution in [0.5, 0.6) is 0 Å². The first-order chi connectivity index (χ1) is 15.3. The molecule has 32 heavy (non-hydrogen) atoms. The molecule has 2 atom stereocenters. The Morgan fingerprint density at radius 3 is 1.38 bits per heavy atom. The third kappa shape index (κ3) is 22.7. The molecule has 2 heteroatoms. The molecule has 0 aromatic heterocycles. The predicted octanol–water partition coefficient (Wildman–Crippen LogP) is 10.3. The zero-order chi connectivity index (χ0) is 24.0. The molecule has 2 nitrogen and oxygen atoms in total. The summed E-state index contributed by atoms with van der Waals surface area (Å²) in [6.07, 6.45) is 24.2. The fourth-order valence-corrected chi connectivity index (χ4v) is 4.95. The van der Waals surface area contributed by atoms with Gasteiger partial charge in [-0.3, -0.25) is 4.79 Å². The summed E-state index contributed by atoms with van der Waals surface area (Å²) < 4.78 is 5.89. The molecule has 0 rings (SSSR count). The molecule has 0 spiro atoms. The Morgan fingerprint density at radius 1 is 0.562 bits per heavy atom. The number of esters is 1. The van der Waals surface area contributed by atoms with E-state index in [2.05, 4.69) is 41.5 Å². The summed E-state index contributed by atoms with van der Waals surface area (Å²) in [6, 6.07) is 0. The summed E-state index contributed by atoms with van der Waals surface area (Å²) in [4.78, 5) is 12.4. The second-order valence-electron chi connectivity index (χ2n) is 11.4. The minimum absolute atomic E-state index is 0.0297. The Hall–Kier alpha value is -0.530. The number of hydrogen-bond acceptors (Lipinski definition) is 2. The number of unbranched alkanes of at least 4 members (excludes halogenated alkanes) is 14. The Balaban J connectivity index is 3.65. The van der Waals surface area contributed by atoms with Crippen molar-refractivity contribution in [3.05, 3.63) is 0 Å². The highest BCUT2D eigenvalue weighted by Gasteiger charge is 2.19. The zero-order valence-corrected chi connectivity index (χ0v) is 23.1. The van der Waals surface area contributed by atoms with Gasteiger partial charge in [0.25, 0.3) is 0 Å². The molecule has 0 amide bonds. The SMILES string of the molecule is CCCCCCCCCCCCCCCCCC(=O)OC(CC(C)C)CC(C)CC(C)C. The highest BCUT2D eigenvalue weighted by molar-refractivity contribution is 5.69. The van der Waals surface area contributed by atoms with E-state index in [9.17, 15) is 4.79 Å². The summed E-state index contributed by atoms with van der Waals surface area (Å²) in [5.74, 6) is 1.94. The van der Waals surface area contributed by atoms with Crippen LogP contribution >= 0.6 is 0 Å². The molecule has 192 valence electrons. The number of carbonyl (C=O) groups is 1. The van der Waals surface area contributed by atoms with E-state index in [-0.39, 0.29) is 12.1 Å². The van der Waals surface area contributed by atoms with Crippen LogP contribution in [0.4, 0.5) is 0 Å². The predicted molar refractivity (Wildman–Crippen MR) is 142 cm³/mol. The van der Waals surface area contributed by atoms with Gasteiger partial charge >= 0.3 is 5.97 Å². The van der Waals surface area contributed by atoms with Crippen molar-refractivity contribution in [2.45, 2.75) is 170 Å². The number of ether oxygens (including phenoxy) is 1. The Morgan fingerprint density at radius 2 is 0.969 bits per heavy atom. The number of hydrogen-bond donors (Lipinski definition) is 0. The van der Waals surface area contributed by atoms with Crippen molar-refractivity contribution in [2.75, 3.05) is 0 Å². The lowest BCUT2D eigenvalue weighted by atomic mass is 9.91. The van der Waals surface area contributed by atoms with Gasteiger partial charge in [0.15, 0.2) is 0 Å². The highest BCUT2D eigenvalue weighted by atomic mass is 16.5. The van der Waals surface area contributed by atoms with E-state index in [4.69, 9.17) is 4.74 Å². The average molecular weight is 453 g/mol. The fraction of sp³-hybridized carbons (Fsp3) is 0.967. The van der Waals surface area contributed by atoms with Gasteiger partial charge < -0.3 is 4.74 Å². The van der Waals surface area contributed by atoms with Gasteiger partial charge in [0.1, 0.15) is 6.10 Å². The molecule has 0 aromatic carbocycles. The van der Waals surface area contributed by atoms with E-state index in [1.54, 1.807) is 0 Å². The lowest BCUT2D eigenvalue weighted by molar-refractivity contribution is -0.150. The van der Waals surface area contributed by atoms with Crippen LogP contribution in [0.25, 0.3) is 0 Å². The zero-order valence-electron chi connectivity index (χ0n) is 23.1. The summed E-state index contributed by atoms with van der Waals surface area (Å²) in [5, 5.41) is 0. The van der Waals surface area contributed by atoms with E-state index < -0.39 is 0 Å². The molecule has 0 fully saturated rings. The van der Waals surface area contributed by atoms with Crippen molar-refractivity contribution >= 4 is 5.97 Å². The summed E-state index contributed by atoms with van der Waals surface area (Å²) in [7, 11) is 0. The lowest BCUT2D eigenvalue weighted by Gasteiger charge is -2.24. The molecule has 0 saturated heterocycles. The van der Waals surface area contributed by atoms with Crippen molar-refractivity contribution in [3.63, 3.8) is 0 Å². The summed E-state index contributed by atoms with van der Waals surface area (Å²) in [6.45, 7) is 13.6. The molecule has 0 aliphatic heterocycles. The van der Waals surface area contributed by atoms with Crippen LogP contribution in [0.15, 0.2) is 0 Å². The first kappa shape index (κ1) is 31.5. The van der Waals surface area contributed by atoms with Crippen LogP contribution in [-0.4, -0.2) is 12.1 Å². The van der Waals surface area contributed by atoms with Gasteiger partial charge in [-0.25, -0.2) is 0 Å². The molecule has 0 N–H and O–H groups in total. The summed E-state index contributed by atoms with van der Waals surface area (Å²) >= 11 is 0. The second-order valence-corrected chi connectivity index (χ2v) is 11.4. The van der Waals surface area contributed by atoms with Gasteiger partial charge in [0, 0.05) is 6.42 Å². The van der Waals surface area contributed by atoms with Crippen LogP contribution in [0, 0.1) is 17.8 Å². The minimum Gasteiger partial charge on any atom is -0.462 e. The van der Waals surface area contributed by atoms with Crippen molar-refractivity contribution in [3.8, 4) is 0 Å². The van der Waals surface area contributed by atoms with Crippen LogP contribution in [0.1, 0.15) is 164 Å². The van der Waals surface area contributed by atoms with Crippen molar-refractivity contribution < 1.29 is 9.53 Å². The molecule has 0 aliphatic carbocycles. The number of carbonyl (C=O) groups excluding carboxylic acids is 1. The maximum Gasteiger partial charge on any atom is 0.306 e. The van der Waals surface area contributed by atoms with Gasteiger partial charge in [0.2, 0.25) is 0 Å². The van der Waals surface area contributed by atoms with Crippen LogP contribution in [0.3, 0.4) is 0 Å². The van der Waals surface area contributed by atoms with E-state index in [1.165, 1.54) is 96.3 Å². The second kappa shape index (κ2) is 22.3. The van der Waals surface area contributed by atoms with Gasteiger partial charge in [-0.1, -0.05) is 131 Å². The van der Waals surface area contributed by atoms with Crippen LogP contribution in [-0.2, 0) is 9.53 Å².